The van der Waals surface area contributed by atoms with Crippen LogP contribution in [0, 0.1) is 0 Å². The molecule has 0 spiro atoms. The molecule has 94 valence electrons. The van der Waals surface area contributed by atoms with E-state index in [-0.39, 0.29) is 5.78 Å². The molecule has 0 aliphatic carbocycles. The number of carbonyl (C=O) groups excluding carboxylic acids is 3. The van der Waals surface area contributed by atoms with Crippen LogP contribution >= 0.6 is 0 Å². The molecule has 1 aromatic carbocycles. The number of esters is 1. The number of benzene rings is 1. The third-order valence-corrected chi connectivity index (χ3v) is 2.77. The average molecular weight is 247 g/mol. The van der Waals surface area contributed by atoms with Gasteiger partial charge in [-0.05, 0) is 12.1 Å². The monoisotopic (exact) mass is 247 g/mol. The van der Waals surface area contributed by atoms with E-state index in [1.165, 1.54) is 4.90 Å². The van der Waals surface area contributed by atoms with Crippen molar-refractivity contribution in [1.29, 1.82) is 0 Å². The van der Waals surface area contributed by atoms with E-state index in [0.29, 0.717) is 31.5 Å². The van der Waals surface area contributed by atoms with Crippen LogP contribution in [0.3, 0.4) is 0 Å². The Morgan fingerprint density at radius 3 is 2.28 bits per heavy atom. The molecule has 1 aliphatic rings. The summed E-state index contributed by atoms with van der Waals surface area (Å²) >= 11 is 0. The topological polar surface area (TPSA) is 63.7 Å². The van der Waals surface area contributed by atoms with Crippen molar-refractivity contribution < 1.29 is 19.1 Å². The first-order chi connectivity index (χ1) is 8.66. The second-order valence-electron chi connectivity index (χ2n) is 4.05. The van der Waals surface area contributed by atoms with Crippen LogP contribution < -0.4 is 0 Å². The number of hydrogen-bond donors (Lipinski definition) is 0. The quantitative estimate of drug-likeness (QED) is 0.559. The van der Waals surface area contributed by atoms with Crippen LogP contribution in [0.2, 0.25) is 0 Å². The SMILES string of the molecule is O=C1CCN(C(=O)OC(=O)c2ccccc2)CC1. The number of ketones is 1. The standard InChI is InChI=1S/C13H13NO4/c15-11-6-8-14(9-7-11)13(17)18-12(16)10-4-2-1-3-5-10/h1-5H,6-9H2. The van der Waals surface area contributed by atoms with Gasteiger partial charge in [-0.25, -0.2) is 9.59 Å². The van der Waals surface area contributed by atoms with Crippen LogP contribution in [0.15, 0.2) is 30.3 Å². The predicted molar refractivity (Wildman–Crippen MR) is 63.1 cm³/mol. The van der Waals surface area contributed by atoms with Crippen molar-refractivity contribution in [1.82, 2.24) is 4.90 Å². The Hall–Kier alpha value is -2.17. The first-order valence-electron chi connectivity index (χ1n) is 5.74. The van der Waals surface area contributed by atoms with Crippen LogP contribution in [0.25, 0.3) is 0 Å². The van der Waals surface area contributed by atoms with Gasteiger partial charge in [0.1, 0.15) is 5.78 Å². The van der Waals surface area contributed by atoms with Crippen molar-refractivity contribution in [3.8, 4) is 0 Å². The largest absolute Gasteiger partial charge is 0.417 e. The van der Waals surface area contributed by atoms with Gasteiger partial charge in [-0.1, -0.05) is 18.2 Å². The summed E-state index contributed by atoms with van der Waals surface area (Å²) in [4.78, 5) is 35.7. The fourth-order valence-corrected chi connectivity index (χ4v) is 1.72. The number of hydrogen-bond acceptors (Lipinski definition) is 4. The van der Waals surface area contributed by atoms with E-state index in [4.69, 9.17) is 4.74 Å². The Kier molecular flexibility index (Phi) is 3.72. The Labute approximate surface area is 104 Å². The molecule has 0 atom stereocenters. The average Bonchev–Trinajstić information content (AvgIpc) is 2.40. The summed E-state index contributed by atoms with van der Waals surface area (Å²) in [5.74, 6) is -0.536. The highest BCUT2D eigenvalue weighted by Crippen LogP contribution is 2.09. The van der Waals surface area contributed by atoms with Gasteiger partial charge in [-0.15, -0.1) is 0 Å². The fourth-order valence-electron chi connectivity index (χ4n) is 1.72. The molecule has 0 aromatic heterocycles. The summed E-state index contributed by atoms with van der Waals surface area (Å²) in [5.41, 5.74) is 0.332. The van der Waals surface area contributed by atoms with Crippen molar-refractivity contribution in [3.05, 3.63) is 35.9 Å². The van der Waals surface area contributed by atoms with Gasteiger partial charge in [0.2, 0.25) is 0 Å². The highest BCUT2D eigenvalue weighted by Gasteiger charge is 2.24. The molecule has 0 bridgehead atoms. The lowest BCUT2D eigenvalue weighted by atomic mass is 10.1. The molecule has 18 heavy (non-hydrogen) atoms. The third kappa shape index (κ3) is 2.94. The maximum Gasteiger partial charge on any atom is 0.417 e. The maximum atomic E-state index is 11.7. The molecule has 1 amide bonds. The zero-order valence-corrected chi connectivity index (χ0v) is 9.80. The Bertz CT molecular complexity index is 459. The van der Waals surface area contributed by atoms with Crippen LogP contribution in [0.4, 0.5) is 4.79 Å². The number of likely N-dealkylation sites (tertiary alicyclic amines) is 1. The van der Waals surface area contributed by atoms with E-state index in [1.807, 2.05) is 0 Å². The van der Waals surface area contributed by atoms with Crippen molar-refractivity contribution >= 4 is 17.8 Å². The number of rotatable bonds is 1. The fraction of sp³-hybridized carbons (Fsp3) is 0.308. The minimum absolute atomic E-state index is 0.133. The molecule has 0 radical (unpaired) electrons. The lowest BCUT2D eigenvalue weighted by Crippen LogP contribution is -2.39. The molecule has 1 fully saturated rings. The summed E-state index contributed by atoms with van der Waals surface area (Å²) in [6, 6.07) is 8.32. The summed E-state index contributed by atoms with van der Waals surface area (Å²) in [5, 5.41) is 0. The second kappa shape index (κ2) is 5.44. The van der Waals surface area contributed by atoms with Gasteiger partial charge in [0, 0.05) is 25.9 Å². The molecule has 0 N–H and O–H groups in total. The maximum absolute atomic E-state index is 11.7. The predicted octanol–water partition coefficient (Wildman–Crippen LogP) is 1.63. The van der Waals surface area contributed by atoms with Crippen molar-refractivity contribution in [2.24, 2.45) is 0 Å². The van der Waals surface area contributed by atoms with Gasteiger partial charge in [0.05, 0.1) is 5.56 Å². The van der Waals surface area contributed by atoms with Crippen molar-refractivity contribution in [3.63, 3.8) is 0 Å². The number of amides is 1. The van der Waals surface area contributed by atoms with Crippen molar-refractivity contribution in [2.45, 2.75) is 12.8 Å². The van der Waals surface area contributed by atoms with Gasteiger partial charge in [-0.3, -0.25) is 4.79 Å². The molecule has 1 heterocycles. The van der Waals surface area contributed by atoms with E-state index < -0.39 is 12.1 Å². The van der Waals surface area contributed by atoms with E-state index in [2.05, 4.69) is 0 Å². The summed E-state index contributed by atoms with van der Waals surface area (Å²) < 4.78 is 4.75. The third-order valence-electron chi connectivity index (χ3n) is 2.77. The Morgan fingerprint density at radius 2 is 1.67 bits per heavy atom. The first kappa shape index (κ1) is 12.3. The van der Waals surface area contributed by atoms with Crippen LogP contribution in [0.5, 0.6) is 0 Å². The molecule has 1 saturated heterocycles. The lowest BCUT2D eigenvalue weighted by molar-refractivity contribution is -0.121. The zero-order valence-electron chi connectivity index (χ0n) is 9.80. The number of nitrogens with zero attached hydrogens (tertiary/aromatic N) is 1. The van der Waals surface area contributed by atoms with Gasteiger partial charge in [0.25, 0.3) is 0 Å². The van der Waals surface area contributed by atoms with Gasteiger partial charge >= 0.3 is 12.1 Å². The van der Waals surface area contributed by atoms with E-state index in [1.54, 1.807) is 30.3 Å². The molecule has 2 rings (SSSR count). The Morgan fingerprint density at radius 1 is 1.06 bits per heavy atom. The van der Waals surface area contributed by atoms with Gasteiger partial charge in [-0.2, -0.15) is 0 Å². The minimum Gasteiger partial charge on any atom is -0.372 e. The summed E-state index contributed by atoms with van der Waals surface area (Å²) in [7, 11) is 0. The van der Waals surface area contributed by atoms with E-state index >= 15 is 0 Å². The molecule has 5 heteroatoms. The molecular formula is C13H13NO4. The van der Waals surface area contributed by atoms with Gasteiger partial charge in [0.15, 0.2) is 0 Å². The molecule has 1 aromatic rings. The highest BCUT2D eigenvalue weighted by atomic mass is 16.6. The second-order valence-corrected chi connectivity index (χ2v) is 4.05. The van der Waals surface area contributed by atoms with Gasteiger partial charge < -0.3 is 9.64 Å². The van der Waals surface area contributed by atoms with Crippen LogP contribution in [-0.2, 0) is 9.53 Å². The van der Waals surface area contributed by atoms with E-state index in [9.17, 15) is 14.4 Å². The molecule has 0 saturated carbocycles. The highest BCUT2D eigenvalue weighted by molar-refractivity contribution is 5.96. The number of ether oxygens (including phenoxy) is 1. The molecule has 1 aliphatic heterocycles. The molecule has 5 nitrogen and oxygen atoms in total. The number of Topliss-reactive ketones (excluding diaryl/α,β-unsaturated/α-hetero) is 1. The number of carbonyl (C=O) groups is 3. The Balaban J connectivity index is 1.92. The van der Waals surface area contributed by atoms with Crippen molar-refractivity contribution in [2.75, 3.05) is 13.1 Å². The normalized spacial score (nSPS) is 15.3. The summed E-state index contributed by atoms with van der Waals surface area (Å²) in [6.45, 7) is 0.638. The first-order valence-corrected chi connectivity index (χ1v) is 5.74. The summed E-state index contributed by atoms with van der Waals surface area (Å²) in [6.07, 6.45) is -0.0279. The number of piperidine rings is 1. The smallest absolute Gasteiger partial charge is 0.372 e. The molecule has 0 unspecified atom stereocenters. The van der Waals surface area contributed by atoms with Crippen LogP contribution in [-0.4, -0.2) is 35.8 Å². The molecular weight excluding hydrogens is 234 g/mol. The zero-order chi connectivity index (χ0) is 13.0. The lowest BCUT2D eigenvalue weighted by Gasteiger charge is -2.24. The van der Waals surface area contributed by atoms with E-state index in [0.717, 1.165) is 0 Å². The minimum atomic E-state index is -0.684. The van der Waals surface area contributed by atoms with Crippen LogP contribution in [0.1, 0.15) is 23.2 Å².